The molecule has 0 aromatic heterocycles. The third-order valence-corrected chi connectivity index (χ3v) is 126. The van der Waals surface area contributed by atoms with Crippen LogP contribution in [0.3, 0.4) is 0 Å². The van der Waals surface area contributed by atoms with Crippen molar-refractivity contribution in [2.45, 2.75) is 89.6 Å². The molecule has 3 aliphatic rings. The van der Waals surface area contributed by atoms with Gasteiger partial charge in [-0.1, -0.05) is 89.6 Å². The van der Waals surface area contributed by atoms with Crippen molar-refractivity contribution in [2.24, 2.45) is 0 Å². The van der Waals surface area contributed by atoms with Crippen molar-refractivity contribution in [1.29, 1.82) is 0 Å². The van der Waals surface area contributed by atoms with Crippen LogP contribution in [0.25, 0.3) is 0 Å². The Balaban J connectivity index is 2.65. The van der Waals surface area contributed by atoms with Gasteiger partial charge < -0.3 is 0 Å². The highest BCUT2D eigenvalue weighted by atomic mass is 30.0. The minimum atomic E-state index is -0.930. The van der Waals surface area contributed by atoms with Crippen LogP contribution >= 0.6 is 0 Å². The highest BCUT2D eigenvalue weighted by Crippen LogP contribution is 2.59. The van der Waals surface area contributed by atoms with Crippen LogP contribution in [0.2, 0.25) is 89.6 Å². The fourth-order valence-corrected chi connectivity index (χ4v) is 186. The maximum Gasteiger partial charge on any atom is 0.0386 e. The summed E-state index contributed by atoms with van der Waals surface area (Å²) in [5.74, 6) is 0. The Bertz CT molecular complexity index is 364. The van der Waals surface area contributed by atoms with Gasteiger partial charge in [0.05, 0.1) is 0 Å². The lowest BCUT2D eigenvalue weighted by atomic mass is 10.9. The lowest BCUT2D eigenvalue weighted by Crippen LogP contribution is -2.96. The molecule has 0 N–H and O–H groups in total. The molecule has 0 radical (unpaired) electrons. The summed E-state index contributed by atoms with van der Waals surface area (Å²) >= 11 is 0. The molecule has 0 aromatic rings. The van der Waals surface area contributed by atoms with E-state index < -0.39 is 43.6 Å². The second kappa shape index (κ2) is 4.43. The van der Waals surface area contributed by atoms with Gasteiger partial charge in [-0.2, -0.15) is 0 Å². The fraction of sp³-hybridized carbons (Fsp3) is 1.00. The third kappa shape index (κ3) is 1.78. The largest absolute Gasteiger partial charge is 0.0735 e. The minimum Gasteiger partial charge on any atom is -0.0735 e. The van der Waals surface area contributed by atoms with Crippen LogP contribution in [-0.2, 0) is 0 Å². The normalized spacial score (nSPS) is 39.9. The quantitative estimate of drug-likeness (QED) is 0.568. The first-order chi connectivity index (χ1) is 8.66. The van der Waals surface area contributed by atoms with E-state index in [4.69, 9.17) is 0 Å². The van der Waals surface area contributed by atoms with Gasteiger partial charge in [-0.15, -0.1) is 0 Å². The molecule has 0 unspecified atom stereocenters. The Hall–Kier alpha value is 1.30. The predicted molar refractivity (Wildman–Crippen MR) is 112 cm³/mol. The van der Waals surface area contributed by atoms with Gasteiger partial charge in [0, 0.05) is 43.6 Å². The molecule has 2 bridgehead atoms. The van der Waals surface area contributed by atoms with Crippen molar-refractivity contribution in [1.82, 2.24) is 0 Å². The molecule has 0 nitrogen and oxygen atoms in total. The van der Waals surface area contributed by atoms with E-state index in [0.29, 0.717) is 0 Å². The zero-order chi connectivity index (χ0) is 15.8. The third-order valence-electron chi connectivity index (χ3n) is 8.78. The van der Waals surface area contributed by atoms with E-state index in [0.717, 1.165) is 0 Å². The fourth-order valence-electron chi connectivity index (χ4n) is 6.92. The van der Waals surface area contributed by atoms with Crippen LogP contribution in [0, 0.1) is 0 Å². The second-order valence-corrected chi connectivity index (χ2v) is 74.2. The van der Waals surface area contributed by atoms with Gasteiger partial charge in [0.25, 0.3) is 0 Å². The molecule has 3 rings (SSSR count). The summed E-state index contributed by atoms with van der Waals surface area (Å²) in [6.45, 7) is 28.4. The average molecular weight is 375 g/mol. The first-order valence-corrected chi connectivity index (χ1v) is 31.5. The maximum atomic E-state index is 2.93. The summed E-state index contributed by atoms with van der Waals surface area (Å²) in [5.41, 5.74) is 0. The second-order valence-electron chi connectivity index (χ2n) is 10.9. The summed E-state index contributed by atoms with van der Waals surface area (Å²) in [6, 6.07) is 7.26. The van der Waals surface area contributed by atoms with Crippen LogP contribution in [0.4, 0.5) is 0 Å². The summed E-state index contributed by atoms with van der Waals surface area (Å²) in [7, 11) is -5.45. The standard InChI is InChI=1S/C14H38Si6/c1-15(2,3)19-11-13-20(14-12-19,16(4,5)6)18(9,10)17(19,7)8/h11-14H2,1-10H3. The van der Waals surface area contributed by atoms with Crippen molar-refractivity contribution in [3.05, 3.63) is 0 Å². The molecule has 20 heavy (non-hydrogen) atoms. The smallest absolute Gasteiger partial charge is 0.0386 e. The molecule has 0 spiro atoms. The first-order valence-electron chi connectivity index (χ1n) is 8.66. The molecule has 3 aliphatic heterocycles. The van der Waals surface area contributed by atoms with Gasteiger partial charge in [0.1, 0.15) is 0 Å². The lowest BCUT2D eigenvalue weighted by Gasteiger charge is -2.74. The first kappa shape index (κ1) is 17.7. The van der Waals surface area contributed by atoms with Gasteiger partial charge in [-0.25, -0.2) is 0 Å². The van der Waals surface area contributed by atoms with Crippen molar-refractivity contribution < 1.29 is 0 Å². The van der Waals surface area contributed by atoms with Crippen molar-refractivity contribution >= 4 is 43.6 Å². The summed E-state index contributed by atoms with van der Waals surface area (Å²) < 4.78 is 0. The van der Waals surface area contributed by atoms with Crippen LogP contribution in [-0.4, -0.2) is 43.6 Å². The molecule has 118 valence electrons. The van der Waals surface area contributed by atoms with E-state index in [1.165, 1.54) is 0 Å². The highest BCUT2D eigenvalue weighted by Gasteiger charge is 2.76. The van der Waals surface area contributed by atoms with E-state index in [-0.39, 0.29) is 0 Å². The molecule has 3 fully saturated rings. The molecule has 0 saturated carbocycles. The molecular weight excluding hydrogens is 337 g/mol. The Morgan fingerprint density at radius 2 is 0.700 bits per heavy atom. The molecule has 6 heteroatoms. The Labute approximate surface area is 133 Å². The summed E-state index contributed by atoms with van der Waals surface area (Å²) in [5, 5.41) is 0. The van der Waals surface area contributed by atoms with Gasteiger partial charge in [-0.3, -0.25) is 0 Å². The number of hydrogen-bond acceptors (Lipinski definition) is 0. The molecule has 0 aromatic carbocycles. The van der Waals surface area contributed by atoms with E-state index in [1.54, 1.807) is 0 Å². The lowest BCUT2D eigenvalue weighted by molar-refractivity contribution is 1.16. The van der Waals surface area contributed by atoms with Crippen LogP contribution in [0.5, 0.6) is 0 Å². The number of hydrogen-bond donors (Lipinski definition) is 0. The van der Waals surface area contributed by atoms with Crippen LogP contribution in [0.1, 0.15) is 0 Å². The van der Waals surface area contributed by atoms with E-state index in [2.05, 4.69) is 65.5 Å². The van der Waals surface area contributed by atoms with Crippen molar-refractivity contribution in [3.8, 4) is 0 Å². The van der Waals surface area contributed by atoms with Gasteiger partial charge in [0.15, 0.2) is 0 Å². The number of rotatable bonds is 2. The maximum absolute atomic E-state index is 2.93. The van der Waals surface area contributed by atoms with Crippen molar-refractivity contribution in [3.63, 3.8) is 0 Å². The van der Waals surface area contributed by atoms with Gasteiger partial charge in [-0.05, 0) is 0 Å². The van der Waals surface area contributed by atoms with Gasteiger partial charge in [0.2, 0.25) is 0 Å². The molecule has 0 amide bonds. The van der Waals surface area contributed by atoms with Crippen molar-refractivity contribution in [2.75, 3.05) is 0 Å². The molecule has 3 saturated heterocycles. The minimum absolute atomic E-state index is 0.885. The van der Waals surface area contributed by atoms with Crippen LogP contribution < -0.4 is 0 Å². The van der Waals surface area contributed by atoms with E-state index >= 15 is 0 Å². The number of fused-ring (bicyclic) bond motifs is 3. The molecule has 0 aliphatic carbocycles. The zero-order valence-electron chi connectivity index (χ0n) is 15.8. The van der Waals surface area contributed by atoms with E-state index in [1.807, 2.05) is 24.2 Å². The Morgan fingerprint density at radius 1 is 0.500 bits per heavy atom. The van der Waals surface area contributed by atoms with Gasteiger partial charge >= 0.3 is 0 Å². The monoisotopic (exact) mass is 374 g/mol. The highest BCUT2D eigenvalue weighted by molar-refractivity contribution is 8.00. The predicted octanol–water partition coefficient (Wildman–Crippen LogP) is 5.40. The topological polar surface area (TPSA) is 0 Å². The van der Waals surface area contributed by atoms with Crippen LogP contribution in [0.15, 0.2) is 0 Å². The molecule has 0 atom stereocenters. The van der Waals surface area contributed by atoms with E-state index in [9.17, 15) is 0 Å². The average Bonchev–Trinajstić information content (AvgIpc) is 2.23. The summed E-state index contributed by atoms with van der Waals surface area (Å²) in [4.78, 5) is 0. The molecular formula is C14H38Si6. The summed E-state index contributed by atoms with van der Waals surface area (Å²) in [6.07, 6.45) is 0. The Kier molecular flexibility index (Phi) is 3.91. The SMILES string of the molecule is C[Si](C)(C)[Si]12CC[Si]([Si](C)(C)C)(CC1)[Si](C)(C)[Si]2(C)C. The molecule has 3 heterocycles. The zero-order valence-corrected chi connectivity index (χ0v) is 21.8. The Morgan fingerprint density at radius 3 is 0.850 bits per heavy atom.